The molecular formula is C23H30FN3O3. The number of aryl methyl sites for hydroxylation is 1. The van der Waals surface area contributed by atoms with Gasteiger partial charge in [-0.3, -0.25) is 19.4 Å². The maximum atomic E-state index is 13.6. The number of aromatic nitrogens is 1. The number of ketones is 2. The molecule has 1 saturated heterocycles. The van der Waals surface area contributed by atoms with Crippen LogP contribution in [0.25, 0.3) is 0 Å². The molecule has 162 valence electrons. The molecule has 0 unspecified atom stereocenters. The molecule has 1 aliphatic heterocycles. The standard InChI is InChI=1S/C23H30FN3O3/c1-14-21(17(4)28)15(2)25-22(14)23(29)16(3)27-10-8-26(9-11-27)13-18-12-19(24)6-7-20(18)30-5/h6-7,12,16,25H,8-11,13H2,1-5H3/t16-/m1/s1. The van der Waals surface area contributed by atoms with E-state index in [0.29, 0.717) is 23.6 Å². The Labute approximate surface area is 177 Å². The molecule has 1 aliphatic rings. The number of halogens is 1. The molecule has 2 heterocycles. The van der Waals surface area contributed by atoms with E-state index in [2.05, 4.69) is 14.8 Å². The van der Waals surface area contributed by atoms with Crippen LogP contribution in [-0.2, 0) is 6.54 Å². The van der Waals surface area contributed by atoms with Crippen molar-refractivity contribution < 1.29 is 18.7 Å². The number of nitrogens with zero attached hydrogens (tertiary/aromatic N) is 2. The number of carbonyl (C=O) groups is 2. The zero-order valence-corrected chi connectivity index (χ0v) is 18.3. The van der Waals surface area contributed by atoms with Crippen LogP contribution < -0.4 is 4.74 Å². The number of aromatic amines is 1. The molecular weight excluding hydrogens is 385 g/mol. The highest BCUT2D eigenvalue weighted by atomic mass is 19.1. The average molecular weight is 416 g/mol. The van der Waals surface area contributed by atoms with Crippen molar-refractivity contribution in [1.82, 2.24) is 14.8 Å². The molecule has 7 heteroatoms. The van der Waals surface area contributed by atoms with Gasteiger partial charge in [-0.2, -0.15) is 0 Å². The number of Topliss-reactive ketones (excluding diaryl/α,β-unsaturated/α-hetero) is 2. The number of hydrogen-bond donors (Lipinski definition) is 1. The number of H-pyrrole nitrogens is 1. The molecule has 0 spiro atoms. The van der Waals surface area contributed by atoms with E-state index in [0.717, 1.165) is 43.0 Å². The third kappa shape index (κ3) is 4.47. The van der Waals surface area contributed by atoms with Crippen LogP contribution in [0.5, 0.6) is 5.75 Å². The Morgan fingerprint density at radius 3 is 2.43 bits per heavy atom. The minimum absolute atomic E-state index is 0.00310. The molecule has 0 bridgehead atoms. The average Bonchev–Trinajstić information content (AvgIpc) is 3.01. The Balaban J connectivity index is 1.64. The normalized spacial score (nSPS) is 16.5. The van der Waals surface area contributed by atoms with Gasteiger partial charge in [0.25, 0.3) is 0 Å². The summed E-state index contributed by atoms with van der Waals surface area (Å²) in [6.45, 7) is 10.7. The predicted molar refractivity (Wildman–Crippen MR) is 114 cm³/mol. The van der Waals surface area contributed by atoms with Gasteiger partial charge < -0.3 is 9.72 Å². The lowest BCUT2D eigenvalue weighted by atomic mass is 10.0. The fourth-order valence-electron chi connectivity index (χ4n) is 4.32. The Morgan fingerprint density at radius 2 is 1.87 bits per heavy atom. The molecule has 2 aromatic rings. The van der Waals surface area contributed by atoms with Crippen LogP contribution in [0.3, 0.4) is 0 Å². The first-order valence-electron chi connectivity index (χ1n) is 10.3. The number of carbonyl (C=O) groups excluding carboxylic acids is 2. The molecule has 6 nitrogen and oxygen atoms in total. The van der Waals surface area contributed by atoms with Crippen molar-refractivity contribution in [2.75, 3.05) is 33.3 Å². The van der Waals surface area contributed by atoms with Gasteiger partial charge in [-0.05, 0) is 51.5 Å². The van der Waals surface area contributed by atoms with Crippen molar-refractivity contribution >= 4 is 11.6 Å². The minimum Gasteiger partial charge on any atom is -0.496 e. The Morgan fingerprint density at radius 1 is 1.20 bits per heavy atom. The number of methoxy groups -OCH3 is 1. The van der Waals surface area contributed by atoms with Crippen molar-refractivity contribution in [3.8, 4) is 5.75 Å². The van der Waals surface area contributed by atoms with E-state index in [1.807, 2.05) is 20.8 Å². The van der Waals surface area contributed by atoms with Crippen molar-refractivity contribution in [3.05, 3.63) is 52.1 Å². The van der Waals surface area contributed by atoms with E-state index in [9.17, 15) is 14.0 Å². The Hall–Kier alpha value is -2.51. The molecule has 0 aliphatic carbocycles. The van der Waals surface area contributed by atoms with Gasteiger partial charge in [0.05, 0.1) is 18.8 Å². The lowest BCUT2D eigenvalue weighted by Crippen LogP contribution is -2.51. The highest BCUT2D eigenvalue weighted by Gasteiger charge is 2.29. The first-order chi connectivity index (χ1) is 14.2. The third-order valence-corrected chi connectivity index (χ3v) is 6.01. The number of piperazine rings is 1. The molecule has 30 heavy (non-hydrogen) atoms. The highest BCUT2D eigenvalue weighted by Crippen LogP contribution is 2.24. The van der Waals surface area contributed by atoms with Gasteiger partial charge in [-0.25, -0.2) is 4.39 Å². The second-order valence-corrected chi connectivity index (χ2v) is 7.99. The fourth-order valence-corrected chi connectivity index (χ4v) is 4.32. The van der Waals surface area contributed by atoms with Crippen LogP contribution in [0.1, 0.15) is 51.5 Å². The van der Waals surface area contributed by atoms with Gasteiger partial charge in [0.15, 0.2) is 11.6 Å². The number of benzene rings is 1. The number of nitrogens with one attached hydrogen (secondary N) is 1. The van der Waals surface area contributed by atoms with Gasteiger partial charge in [0.1, 0.15) is 11.6 Å². The van der Waals surface area contributed by atoms with Gasteiger partial charge >= 0.3 is 0 Å². The first-order valence-corrected chi connectivity index (χ1v) is 10.3. The van der Waals surface area contributed by atoms with E-state index in [4.69, 9.17) is 4.74 Å². The second kappa shape index (κ2) is 9.10. The summed E-state index contributed by atoms with van der Waals surface area (Å²) in [5.41, 5.74) is 3.43. The predicted octanol–water partition coefficient (Wildman–Crippen LogP) is 3.37. The van der Waals surface area contributed by atoms with E-state index in [-0.39, 0.29) is 23.4 Å². The van der Waals surface area contributed by atoms with Crippen LogP contribution >= 0.6 is 0 Å². The van der Waals surface area contributed by atoms with Crippen molar-refractivity contribution in [2.24, 2.45) is 0 Å². The van der Waals surface area contributed by atoms with Crippen LogP contribution in [0.15, 0.2) is 18.2 Å². The van der Waals surface area contributed by atoms with Crippen LogP contribution in [0.4, 0.5) is 4.39 Å². The van der Waals surface area contributed by atoms with Crippen molar-refractivity contribution in [3.63, 3.8) is 0 Å². The molecule has 0 radical (unpaired) electrons. The topological polar surface area (TPSA) is 65.6 Å². The minimum atomic E-state index is -0.285. The van der Waals surface area contributed by atoms with Gasteiger partial charge in [-0.15, -0.1) is 0 Å². The largest absolute Gasteiger partial charge is 0.496 e. The Kier molecular flexibility index (Phi) is 6.73. The molecule has 1 atom stereocenters. The molecule has 1 fully saturated rings. The van der Waals surface area contributed by atoms with E-state index in [1.165, 1.54) is 19.1 Å². The van der Waals surface area contributed by atoms with Gasteiger partial charge in [0, 0.05) is 49.5 Å². The zero-order valence-electron chi connectivity index (χ0n) is 18.3. The van der Waals surface area contributed by atoms with Gasteiger partial charge in [0.2, 0.25) is 0 Å². The molecule has 1 aromatic carbocycles. The first kappa shape index (κ1) is 22.2. The summed E-state index contributed by atoms with van der Waals surface area (Å²) in [4.78, 5) is 32.5. The SMILES string of the molecule is COc1ccc(F)cc1CN1CCN([C@H](C)C(=O)c2[nH]c(C)c(C(C)=O)c2C)CC1. The summed E-state index contributed by atoms with van der Waals surface area (Å²) in [7, 11) is 1.59. The molecule has 0 saturated carbocycles. The van der Waals surface area contributed by atoms with E-state index < -0.39 is 0 Å². The highest BCUT2D eigenvalue weighted by molar-refractivity contribution is 6.05. The summed E-state index contributed by atoms with van der Waals surface area (Å²) in [6, 6.07) is 4.28. The quantitative estimate of drug-likeness (QED) is 0.703. The summed E-state index contributed by atoms with van der Waals surface area (Å²) >= 11 is 0. The number of ether oxygens (including phenoxy) is 1. The third-order valence-electron chi connectivity index (χ3n) is 6.01. The summed E-state index contributed by atoms with van der Waals surface area (Å²) in [6.07, 6.45) is 0. The van der Waals surface area contributed by atoms with Crippen LogP contribution in [0, 0.1) is 19.7 Å². The maximum Gasteiger partial charge on any atom is 0.196 e. The van der Waals surface area contributed by atoms with Crippen LogP contribution in [0.2, 0.25) is 0 Å². The van der Waals surface area contributed by atoms with Crippen molar-refractivity contribution in [1.29, 1.82) is 0 Å². The molecule has 1 aromatic heterocycles. The maximum absolute atomic E-state index is 13.6. The van der Waals surface area contributed by atoms with E-state index in [1.54, 1.807) is 13.2 Å². The summed E-state index contributed by atoms with van der Waals surface area (Å²) in [5, 5.41) is 0. The Bertz CT molecular complexity index is 945. The van der Waals surface area contributed by atoms with Crippen LogP contribution in [-0.4, -0.2) is 65.7 Å². The monoisotopic (exact) mass is 415 g/mol. The molecule has 1 N–H and O–H groups in total. The second-order valence-electron chi connectivity index (χ2n) is 7.99. The summed E-state index contributed by atoms with van der Waals surface area (Å²) in [5.74, 6) is 0.379. The smallest absolute Gasteiger partial charge is 0.196 e. The molecule has 0 amide bonds. The lowest BCUT2D eigenvalue weighted by molar-refractivity contribution is 0.0681. The number of rotatable bonds is 7. The van der Waals surface area contributed by atoms with Crippen molar-refractivity contribution in [2.45, 2.75) is 40.3 Å². The molecule has 3 rings (SSSR count). The van der Waals surface area contributed by atoms with Gasteiger partial charge in [-0.1, -0.05) is 0 Å². The number of hydrogen-bond acceptors (Lipinski definition) is 5. The lowest BCUT2D eigenvalue weighted by Gasteiger charge is -2.37. The fraction of sp³-hybridized carbons (Fsp3) is 0.478. The zero-order chi connectivity index (χ0) is 22.0. The summed E-state index contributed by atoms with van der Waals surface area (Å²) < 4.78 is 19.0. The van der Waals surface area contributed by atoms with E-state index >= 15 is 0 Å².